The lowest BCUT2D eigenvalue weighted by molar-refractivity contribution is 0.298. The standard InChI is InChI=1S/C23H24FN3O/c1-16(18-4-6-19(24)7-5-18)10-20-12-23(28-15-17-2-3-17)13-21(27-20)11-22-14-25-8-9-26-22/h4-9,12-14,16-17H,2-3,10-11,15H2,1H3/t16-/m1/s1. The number of pyridine rings is 1. The molecule has 1 atom stereocenters. The predicted molar refractivity (Wildman–Crippen MR) is 106 cm³/mol. The van der Waals surface area contributed by atoms with Gasteiger partial charge < -0.3 is 4.74 Å². The van der Waals surface area contributed by atoms with E-state index in [9.17, 15) is 4.39 Å². The van der Waals surface area contributed by atoms with E-state index in [-0.39, 0.29) is 11.7 Å². The van der Waals surface area contributed by atoms with Crippen molar-refractivity contribution < 1.29 is 9.13 Å². The number of hydrogen-bond acceptors (Lipinski definition) is 4. The van der Waals surface area contributed by atoms with E-state index in [4.69, 9.17) is 9.72 Å². The SMILES string of the molecule is C[C@H](Cc1cc(OCC2CC2)cc(Cc2cnccn2)n1)c1ccc(F)cc1. The zero-order valence-electron chi connectivity index (χ0n) is 16.0. The smallest absolute Gasteiger partial charge is 0.123 e. The third-order valence-corrected chi connectivity index (χ3v) is 5.02. The molecule has 0 spiro atoms. The summed E-state index contributed by atoms with van der Waals surface area (Å²) in [7, 11) is 0. The fraction of sp³-hybridized carbons (Fsp3) is 0.348. The molecular weight excluding hydrogens is 353 g/mol. The first-order valence-corrected chi connectivity index (χ1v) is 9.78. The highest BCUT2D eigenvalue weighted by Gasteiger charge is 2.22. The highest BCUT2D eigenvalue weighted by atomic mass is 19.1. The van der Waals surface area contributed by atoms with Crippen molar-refractivity contribution in [3.05, 3.63) is 83.5 Å². The van der Waals surface area contributed by atoms with Crippen molar-refractivity contribution in [2.45, 2.75) is 38.5 Å². The molecule has 2 heterocycles. The molecule has 1 saturated carbocycles. The van der Waals surface area contributed by atoms with Gasteiger partial charge in [-0.25, -0.2) is 4.39 Å². The topological polar surface area (TPSA) is 47.9 Å². The van der Waals surface area contributed by atoms with Gasteiger partial charge in [0.2, 0.25) is 0 Å². The zero-order chi connectivity index (χ0) is 19.3. The summed E-state index contributed by atoms with van der Waals surface area (Å²) in [6, 6.07) is 10.7. The van der Waals surface area contributed by atoms with Crippen molar-refractivity contribution in [2.75, 3.05) is 6.61 Å². The van der Waals surface area contributed by atoms with Crippen molar-refractivity contribution in [1.29, 1.82) is 0 Å². The molecule has 4 nitrogen and oxygen atoms in total. The molecule has 28 heavy (non-hydrogen) atoms. The number of aromatic nitrogens is 3. The Morgan fingerprint density at radius 1 is 1.07 bits per heavy atom. The van der Waals surface area contributed by atoms with E-state index in [0.717, 1.165) is 41.4 Å². The van der Waals surface area contributed by atoms with E-state index in [1.807, 2.05) is 24.3 Å². The lowest BCUT2D eigenvalue weighted by atomic mass is 9.95. The van der Waals surface area contributed by atoms with Crippen LogP contribution in [0.3, 0.4) is 0 Å². The monoisotopic (exact) mass is 377 g/mol. The van der Waals surface area contributed by atoms with Crippen LogP contribution >= 0.6 is 0 Å². The van der Waals surface area contributed by atoms with Gasteiger partial charge in [-0.3, -0.25) is 15.0 Å². The van der Waals surface area contributed by atoms with Crippen LogP contribution in [0, 0.1) is 11.7 Å². The van der Waals surface area contributed by atoms with Crippen molar-refractivity contribution in [3.63, 3.8) is 0 Å². The van der Waals surface area contributed by atoms with Gasteiger partial charge in [-0.05, 0) is 48.8 Å². The fourth-order valence-corrected chi connectivity index (χ4v) is 3.23. The minimum atomic E-state index is -0.212. The molecule has 0 saturated heterocycles. The average Bonchev–Trinajstić information content (AvgIpc) is 3.52. The second kappa shape index (κ2) is 8.46. The molecule has 1 aliphatic rings. The molecule has 0 aliphatic heterocycles. The number of hydrogen-bond donors (Lipinski definition) is 0. The van der Waals surface area contributed by atoms with Crippen molar-refractivity contribution in [2.24, 2.45) is 5.92 Å². The summed E-state index contributed by atoms with van der Waals surface area (Å²) in [5.74, 6) is 1.58. The van der Waals surface area contributed by atoms with Crippen molar-refractivity contribution >= 4 is 0 Å². The number of nitrogens with zero attached hydrogens (tertiary/aromatic N) is 3. The molecule has 0 radical (unpaired) electrons. The van der Waals surface area contributed by atoms with Crippen LogP contribution in [-0.4, -0.2) is 21.6 Å². The van der Waals surface area contributed by atoms with E-state index in [0.29, 0.717) is 12.3 Å². The van der Waals surface area contributed by atoms with Crippen LogP contribution in [0.25, 0.3) is 0 Å². The van der Waals surface area contributed by atoms with Gasteiger partial charge in [0.25, 0.3) is 0 Å². The van der Waals surface area contributed by atoms with E-state index in [1.54, 1.807) is 18.6 Å². The Hall–Kier alpha value is -2.82. The molecule has 1 fully saturated rings. The van der Waals surface area contributed by atoms with E-state index in [1.165, 1.54) is 25.0 Å². The second-order valence-corrected chi connectivity index (χ2v) is 7.57. The molecule has 0 N–H and O–H groups in total. The van der Waals surface area contributed by atoms with Gasteiger partial charge in [-0.1, -0.05) is 19.1 Å². The van der Waals surface area contributed by atoms with Gasteiger partial charge in [0.1, 0.15) is 11.6 Å². The maximum atomic E-state index is 13.2. The highest BCUT2D eigenvalue weighted by molar-refractivity contribution is 5.31. The molecule has 1 aromatic carbocycles. The molecule has 3 aromatic rings. The van der Waals surface area contributed by atoms with Gasteiger partial charge >= 0.3 is 0 Å². The number of rotatable bonds is 8. The minimum Gasteiger partial charge on any atom is -0.493 e. The van der Waals surface area contributed by atoms with Crippen LogP contribution in [0.5, 0.6) is 5.75 Å². The first kappa shape index (κ1) is 18.5. The number of halogens is 1. The van der Waals surface area contributed by atoms with Gasteiger partial charge in [-0.2, -0.15) is 0 Å². The normalized spacial score (nSPS) is 14.6. The molecule has 0 unspecified atom stereocenters. The summed E-state index contributed by atoms with van der Waals surface area (Å²) in [6.45, 7) is 2.90. The van der Waals surface area contributed by atoms with Crippen molar-refractivity contribution in [3.8, 4) is 5.75 Å². The van der Waals surface area contributed by atoms with Crippen LogP contribution in [-0.2, 0) is 12.8 Å². The van der Waals surface area contributed by atoms with Crippen LogP contribution < -0.4 is 4.74 Å². The second-order valence-electron chi connectivity index (χ2n) is 7.57. The van der Waals surface area contributed by atoms with Gasteiger partial charge in [0.05, 0.1) is 18.0 Å². The van der Waals surface area contributed by atoms with Crippen molar-refractivity contribution in [1.82, 2.24) is 15.0 Å². The largest absolute Gasteiger partial charge is 0.493 e. The zero-order valence-corrected chi connectivity index (χ0v) is 16.0. The summed E-state index contributed by atoms with van der Waals surface area (Å²) >= 11 is 0. The summed E-state index contributed by atoms with van der Waals surface area (Å²) < 4.78 is 19.2. The lowest BCUT2D eigenvalue weighted by Crippen LogP contribution is -2.06. The van der Waals surface area contributed by atoms with Crippen LogP contribution in [0.2, 0.25) is 0 Å². The Bertz CT molecular complexity index is 911. The molecule has 1 aliphatic carbocycles. The highest BCUT2D eigenvalue weighted by Crippen LogP contribution is 2.30. The fourth-order valence-electron chi connectivity index (χ4n) is 3.23. The molecule has 144 valence electrons. The molecule has 0 amide bonds. The predicted octanol–water partition coefficient (Wildman–Crippen LogP) is 4.74. The van der Waals surface area contributed by atoms with E-state index < -0.39 is 0 Å². The molecule has 0 bridgehead atoms. The summed E-state index contributed by atoms with van der Waals surface area (Å²) in [5, 5.41) is 0. The Morgan fingerprint density at radius 2 is 1.86 bits per heavy atom. The van der Waals surface area contributed by atoms with Gasteiger partial charge in [0, 0.05) is 42.8 Å². The van der Waals surface area contributed by atoms with Crippen LogP contribution in [0.15, 0.2) is 55.0 Å². The average molecular weight is 377 g/mol. The van der Waals surface area contributed by atoms with Crippen LogP contribution in [0.1, 0.15) is 48.3 Å². The van der Waals surface area contributed by atoms with Gasteiger partial charge in [0.15, 0.2) is 0 Å². The summed E-state index contributed by atoms with van der Waals surface area (Å²) in [4.78, 5) is 13.3. The third-order valence-electron chi connectivity index (χ3n) is 5.02. The van der Waals surface area contributed by atoms with Gasteiger partial charge in [-0.15, -0.1) is 0 Å². The first-order valence-electron chi connectivity index (χ1n) is 9.78. The Labute approximate surface area is 164 Å². The molecule has 2 aromatic heterocycles. The first-order chi connectivity index (χ1) is 13.7. The quantitative estimate of drug-likeness (QED) is 0.569. The minimum absolute atomic E-state index is 0.212. The number of benzene rings is 1. The van der Waals surface area contributed by atoms with Crippen LogP contribution in [0.4, 0.5) is 4.39 Å². The number of ether oxygens (including phenoxy) is 1. The van der Waals surface area contributed by atoms with E-state index in [2.05, 4.69) is 16.9 Å². The maximum absolute atomic E-state index is 13.2. The summed E-state index contributed by atoms with van der Waals surface area (Å²) in [5.41, 5.74) is 3.88. The lowest BCUT2D eigenvalue weighted by Gasteiger charge is -2.14. The Balaban J connectivity index is 1.54. The Kier molecular flexibility index (Phi) is 5.60. The van der Waals surface area contributed by atoms with E-state index >= 15 is 0 Å². The maximum Gasteiger partial charge on any atom is 0.123 e. The molecular formula is C23H24FN3O. The Morgan fingerprint density at radius 3 is 2.57 bits per heavy atom. The summed E-state index contributed by atoms with van der Waals surface area (Å²) in [6.07, 6.45) is 9.02. The molecule has 5 heteroatoms. The molecule has 4 rings (SSSR count). The third kappa shape index (κ3) is 5.12.